The quantitative estimate of drug-likeness (QED) is 0.349. The molecule has 1 aromatic heterocycles. The van der Waals surface area contributed by atoms with Gasteiger partial charge in [0.1, 0.15) is 0 Å². The molecule has 0 aliphatic heterocycles. The molecule has 0 atom stereocenters. The number of methoxy groups -OCH3 is 1. The van der Waals surface area contributed by atoms with E-state index < -0.39 is 0 Å². The van der Waals surface area contributed by atoms with E-state index in [1.807, 2.05) is 6.92 Å². The number of hydrogen-bond acceptors (Lipinski definition) is 4. The molecule has 0 saturated carbocycles. The van der Waals surface area contributed by atoms with Crippen molar-refractivity contribution < 1.29 is 4.74 Å². The van der Waals surface area contributed by atoms with Gasteiger partial charge in [0.15, 0.2) is 5.96 Å². The van der Waals surface area contributed by atoms with Crippen LogP contribution in [0, 0.1) is 6.92 Å². The van der Waals surface area contributed by atoms with Gasteiger partial charge >= 0.3 is 0 Å². The van der Waals surface area contributed by atoms with Crippen molar-refractivity contribution in [3.63, 3.8) is 0 Å². The number of thiazole rings is 1. The molecular formula is C18H27IN4OS. The van der Waals surface area contributed by atoms with Crippen LogP contribution in [0.25, 0.3) is 0 Å². The molecule has 0 aliphatic carbocycles. The van der Waals surface area contributed by atoms with Crippen molar-refractivity contribution in [3.8, 4) is 0 Å². The van der Waals surface area contributed by atoms with Crippen LogP contribution in [0.2, 0.25) is 0 Å². The minimum Gasteiger partial charge on any atom is -0.380 e. The van der Waals surface area contributed by atoms with E-state index >= 15 is 0 Å². The largest absolute Gasteiger partial charge is 0.380 e. The van der Waals surface area contributed by atoms with Crippen LogP contribution in [0.1, 0.15) is 28.8 Å². The number of ether oxygens (including phenoxy) is 1. The van der Waals surface area contributed by atoms with Gasteiger partial charge in [-0.1, -0.05) is 24.3 Å². The van der Waals surface area contributed by atoms with Crippen LogP contribution < -0.4 is 10.6 Å². The van der Waals surface area contributed by atoms with Gasteiger partial charge in [0.05, 0.1) is 23.9 Å². The molecular weight excluding hydrogens is 447 g/mol. The first-order valence-electron chi connectivity index (χ1n) is 8.21. The van der Waals surface area contributed by atoms with Gasteiger partial charge in [-0.3, -0.25) is 0 Å². The monoisotopic (exact) mass is 474 g/mol. The molecule has 0 fully saturated rings. The first kappa shape index (κ1) is 21.9. The van der Waals surface area contributed by atoms with Gasteiger partial charge in [-0.05, 0) is 25.0 Å². The van der Waals surface area contributed by atoms with Crippen LogP contribution >= 0.6 is 35.3 Å². The highest BCUT2D eigenvalue weighted by Gasteiger charge is 2.01. The Morgan fingerprint density at radius 3 is 2.52 bits per heavy atom. The van der Waals surface area contributed by atoms with Crippen molar-refractivity contribution >= 4 is 41.3 Å². The van der Waals surface area contributed by atoms with Gasteiger partial charge < -0.3 is 15.4 Å². The van der Waals surface area contributed by atoms with E-state index in [0.717, 1.165) is 36.2 Å². The molecule has 25 heavy (non-hydrogen) atoms. The minimum atomic E-state index is 0. The number of benzene rings is 1. The highest BCUT2D eigenvalue weighted by Crippen LogP contribution is 2.08. The summed E-state index contributed by atoms with van der Waals surface area (Å²) >= 11 is 1.69. The normalized spacial score (nSPS) is 11.1. The lowest BCUT2D eigenvalue weighted by Crippen LogP contribution is -2.38. The SMILES string of the molecule is CCNC(=NCc1ccc(COC)cc1)NCCc1csc(C)n1.I. The third-order valence-corrected chi connectivity index (χ3v) is 4.26. The standard InChI is InChI=1S/C18H26N4OS.HI/c1-4-19-18(20-10-9-17-13-24-14(2)22-17)21-11-15-5-7-16(8-6-15)12-23-3;/h5-8,13H,4,9-12H2,1-3H3,(H2,19,20,21);1H. The maximum absolute atomic E-state index is 5.13. The number of nitrogens with one attached hydrogen (secondary N) is 2. The fraction of sp³-hybridized carbons (Fsp3) is 0.444. The van der Waals surface area contributed by atoms with E-state index in [1.54, 1.807) is 18.4 Å². The summed E-state index contributed by atoms with van der Waals surface area (Å²) in [4.78, 5) is 9.12. The molecule has 0 bridgehead atoms. The second-order valence-electron chi connectivity index (χ2n) is 5.48. The predicted octanol–water partition coefficient (Wildman–Crippen LogP) is 3.51. The zero-order valence-electron chi connectivity index (χ0n) is 15.0. The number of aryl methyl sites for hydroxylation is 1. The molecule has 2 N–H and O–H groups in total. The third kappa shape index (κ3) is 8.15. The van der Waals surface area contributed by atoms with E-state index in [-0.39, 0.29) is 24.0 Å². The number of aliphatic imine (C=N–C) groups is 1. The molecule has 0 unspecified atom stereocenters. The van der Waals surface area contributed by atoms with Crippen LogP contribution in [0.3, 0.4) is 0 Å². The number of hydrogen-bond donors (Lipinski definition) is 2. The van der Waals surface area contributed by atoms with Crippen LogP contribution in [0.4, 0.5) is 0 Å². The second-order valence-corrected chi connectivity index (χ2v) is 6.54. The van der Waals surface area contributed by atoms with Gasteiger partial charge in [0.2, 0.25) is 0 Å². The highest BCUT2D eigenvalue weighted by atomic mass is 127. The Morgan fingerprint density at radius 1 is 1.20 bits per heavy atom. The zero-order chi connectivity index (χ0) is 17.2. The maximum Gasteiger partial charge on any atom is 0.191 e. The van der Waals surface area contributed by atoms with E-state index in [0.29, 0.717) is 13.2 Å². The van der Waals surface area contributed by atoms with Gasteiger partial charge in [0.25, 0.3) is 0 Å². The summed E-state index contributed by atoms with van der Waals surface area (Å²) < 4.78 is 5.13. The molecule has 138 valence electrons. The summed E-state index contributed by atoms with van der Waals surface area (Å²) in [6, 6.07) is 8.36. The lowest BCUT2D eigenvalue weighted by atomic mass is 10.1. The fourth-order valence-electron chi connectivity index (χ4n) is 2.25. The number of guanidine groups is 1. The fourth-order valence-corrected chi connectivity index (χ4v) is 2.90. The van der Waals surface area contributed by atoms with E-state index in [9.17, 15) is 0 Å². The van der Waals surface area contributed by atoms with Gasteiger partial charge in [-0.25, -0.2) is 9.98 Å². The molecule has 0 amide bonds. The number of aromatic nitrogens is 1. The van der Waals surface area contributed by atoms with E-state index in [2.05, 4.69) is 57.2 Å². The average molecular weight is 474 g/mol. The Labute approximate surface area is 171 Å². The zero-order valence-corrected chi connectivity index (χ0v) is 18.2. The first-order chi connectivity index (χ1) is 11.7. The Kier molecular flexibility index (Phi) is 10.7. The number of rotatable bonds is 8. The summed E-state index contributed by atoms with van der Waals surface area (Å²) in [5, 5.41) is 9.87. The predicted molar refractivity (Wildman–Crippen MR) is 116 cm³/mol. The lowest BCUT2D eigenvalue weighted by Gasteiger charge is -2.11. The Bertz CT molecular complexity index is 643. The molecule has 1 heterocycles. The van der Waals surface area contributed by atoms with Crippen molar-refractivity contribution in [1.29, 1.82) is 0 Å². The first-order valence-corrected chi connectivity index (χ1v) is 9.09. The Morgan fingerprint density at radius 2 is 1.92 bits per heavy atom. The average Bonchev–Trinajstić information content (AvgIpc) is 2.99. The minimum absolute atomic E-state index is 0. The van der Waals surface area contributed by atoms with Crippen molar-refractivity contribution in [2.75, 3.05) is 20.2 Å². The number of halogens is 1. The Balaban J connectivity index is 0.00000312. The molecule has 1 aromatic carbocycles. The lowest BCUT2D eigenvalue weighted by molar-refractivity contribution is 0.185. The van der Waals surface area contributed by atoms with Crippen molar-refractivity contribution in [3.05, 3.63) is 51.5 Å². The second kappa shape index (κ2) is 12.2. The molecule has 5 nitrogen and oxygen atoms in total. The molecule has 0 saturated heterocycles. The molecule has 2 aromatic rings. The van der Waals surface area contributed by atoms with Crippen molar-refractivity contribution in [1.82, 2.24) is 15.6 Å². The third-order valence-electron chi connectivity index (χ3n) is 3.44. The van der Waals surface area contributed by atoms with Crippen LogP contribution in [0.15, 0.2) is 34.6 Å². The summed E-state index contributed by atoms with van der Waals surface area (Å²) in [6.07, 6.45) is 0.903. The van der Waals surface area contributed by atoms with Crippen LogP contribution in [-0.4, -0.2) is 31.1 Å². The topological polar surface area (TPSA) is 58.5 Å². The maximum atomic E-state index is 5.13. The highest BCUT2D eigenvalue weighted by molar-refractivity contribution is 14.0. The Hall–Kier alpha value is -1.19. The summed E-state index contributed by atoms with van der Waals surface area (Å²) in [5.41, 5.74) is 3.49. The molecule has 0 aliphatic rings. The number of nitrogens with zero attached hydrogens (tertiary/aromatic N) is 2. The summed E-state index contributed by atoms with van der Waals surface area (Å²) in [6.45, 7) is 7.06. The van der Waals surface area contributed by atoms with E-state index in [1.165, 1.54) is 11.1 Å². The van der Waals surface area contributed by atoms with Gasteiger partial charge in [-0.2, -0.15) is 0 Å². The smallest absolute Gasteiger partial charge is 0.191 e. The van der Waals surface area contributed by atoms with Crippen LogP contribution in [0.5, 0.6) is 0 Å². The molecule has 0 spiro atoms. The molecule has 2 rings (SSSR count). The van der Waals surface area contributed by atoms with Gasteiger partial charge in [-0.15, -0.1) is 35.3 Å². The van der Waals surface area contributed by atoms with Gasteiger partial charge in [0, 0.05) is 32.0 Å². The van der Waals surface area contributed by atoms with Crippen LogP contribution in [-0.2, 0) is 24.3 Å². The molecule has 7 heteroatoms. The van der Waals surface area contributed by atoms with Crippen molar-refractivity contribution in [2.24, 2.45) is 4.99 Å². The summed E-state index contributed by atoms with van der Waals surface area (Å²) in [7, 11) is 1.71. The van der Waals surface area contributed by atoms with E-state index in [4.69, 9.17) is 4.74 Å². The van der Waals surface area contributed by atoms with Crippen molar-refractivity contribution in [2.45, 2.75) is 33.4 Å². The summed E-state index contributed by atoms with van der Waals surface area (Å²) in [5.74, 6) is 0.838. The molecule has 0 radical (unpaired) electrons.